The van der Waals surface area contributed by atoms with E-state index in [0.29, 0.717) is 0 Å². The Morgan fingerprint density at radius 1 is 1.31 bits per heavy atom. The molecule has 16 heavy (non-hydrogen) atoms. The lowest BCUT2D eigenvalue weighted by Gasteiger charge is -2.10. The highest BCUT2D eigenvalue weighted by atomic mass is 79.9. The molecule has 88 valence electrons. The Labute approximate surface area is 118 Å². The van der Waals surface area contributed by atoms with Gasteiger partial charge in [0.2, 0.25) is 0 Å². The number of nitrogens with one attached hydrogen (secondary N) is 1. The van der Waals surface area contributed by atoms with Gasteiger partial charge in [0.15, 0.2) is 0 Å². The molecular formula is C12H15Br2NS. The van der Waals surface area contributed by atoms with Crippen molar-refractivity contribution >= 4 is 43.6 Å². The fourth-order valence-corrected chi connectivity index (χ4v) is 3.74. The second kappa shape index (κ2) is 6.43. The fraction of sp³-hybridized carbons (Fsp3) is 0.500. The monoisotopic (exact) mass is 363 g/mol. The van der Waals surface area contributed by atoms with Gasteiger partial charge in [-0.1, -0.05) is 6.07 Å². The van der Waals surface area contributed by atoms with Crippen LogP contribution in [0.15, 0.2) is 27.1 Å². The van der Waals surface area contributed by atoms with Gasteiger partial charge in [-0.3, -0.25) is 0 Å². The van der Waals surface area contributed by atoms with Crippen LogP contribution in [-0.4, -0.2) is 17.5 Å². The van der Waals surface area contributed by atoms with Crippen molar-refractivity contribution < 1.29 is 0 Å². The van der Waals surface area contributed by atoms with Gasteiger partial charge < -0.3 is 5.32 Å². The molecule has 0 radical (unpaired) electrons. The molecule has 1 atom stereocenters. The van der Waals surface area contributed by atoms with Gasteiger partial charge in [0.1, 0.15) is 0 Å². The van der Waals surface area contributed by atoms with E-state index in [-0.39, 0.29) is 0 Å². The van der Waals surface area contributed by atoms with Gasteiger partial charge in [-0.2, -0.15) is 11.8 Å². The third kappa shape index (κ3) is 3.76. The van der Waals surface area contributed by atoms with Gasteiger partial charge in [-0.15, -0.1) is 0 Å². The highest BCUT2D eigenvalue weighted by Gasteiger charge is 2.14. The van der Waals surface area contributed by atoms with Gasteiger partial charge >= 0.3 is 0 Å². The van der Waals surface area contributed by atoms with Crippen LogP contribution in [0.3, 0.4) is 0 Å². The third-order valence-electron chi connectivity index (χ3n) is 2.71. The largest absolute Gasteiger partial charge is 0.312 e. The quantitative estimate of drug-likeness (QED) is 0.859. The molecule has 1 aromatic carbocycles. The van der Waals surface area contributed by atoms with Crippen LogP contribution in [0.4, 0.5) is 0 Å². The Kier molecular flexibility index (Phi) is 5.20. The lowest BCUT2D eigenvalue weighted by Crippen LogP contribution is -2.22. The smallest absolute Gasteiger partial charge is 0.0320 e. The van der Waals surface area contributed by atoms with Crippen LogP contribution in [0.2, 0.25) is 0 Å². The predicted octanol–water partition coefficient (Wildman–Crippen LogP) is 4.20. The van der Waals surface area contributed by atoms with Crippen molar-refractivity contribution in [3.63, 3.8) is 0 Å². The first-order valence-electron chi connectivity index (χ1n) is 5.52. The molecule has 0 aliphatic carbocycles. The van der Waals surface area contributed by atoms with E-state index in [0.717, 1.165) is 27.3 Å². The Morgan fingerprint density at radius 2 is 2.19 bits per heavy atom. The van der Waals surface area contributed by atoms with Crippen LogP contribution in [0.1, 0.15) is 18.4 Å². The van der Waals surface area contributed by atoms with Crippen LogP contribution >= 0.6 is 43.6 Å². The summed E-state index contributed by atoms with van der Waals surface area (Å²) in [5.41, 5.74) is 1.33. The van der Waals surface area contributed by atoms with Gasteiger partial charge in [-0.05, 0) is 68.2 Å². The fourth-order valence-electron chi connectivity index (χ4n) is 1.83. The van der Waals surface area contributed by atoms with E-state index in [4.69, 9.17) is 0 Å². The number of benzene rings is 1. The molecule has 1 unspecified atom stereocenters. The second-order valence-corrected chi connectivity index (χ2v) is 7.13. The molecule has 1 heterocycles. The maximum atomic E-state index is 3.53. The molecule has 1 aliphatic heterocycles. The van der Waals surface area contributed by atoms with E-state index in [1.54, 1.807) is 0 Å². The van der Waals surface area contributed by atoms with Gasteiger partial charge in [-0.25, -0.2) is 0 Å². The van der Waals surface area contributed by atoms with E-state index in [1.807, 2.05) is 0 Å². The normalized spacial score (nSPS) is 20.2. The van der Waals surface area contributed by atoms with Gasteiger partial charge in [0.05, 0.1) is 0 Å². The molecule has 1 N–H and O–H groups in total. The average Bonchev–Trinajstić information content (AvgIpc) is 2.76. The van der Waals surface area contributed by atoms with E-state index in [9.17, 15) is 0 Å². The second-order valence-electron chi connectivity index (χ2n) is 4.01. The summed E-state index contributed by atoms with van der Waals surface area (Å²) in [6, 6.07) is 6.41. The van der Waals surface area contributed by atoms with Crippen molar-refractivity contribution in [3.05, 3.63) is 32.7 Å². The zero-order valence-electron chi connectivity index (χ0n) is 9.01. The molecule has 1 aliphatic rings. The first kappa shape index (κ1) is 12.9. The molecule has 1 saturated heterocycles. The van der Waals surface area contributed by atoms with E-state index >= 15 is 0 Å². The van der Waals surface area contributed by atoms with Crippen molar-refractivity contribution in [2.45, 2.75) is 24.6 Å². The van der Waals surface area contributed by atoms with Crippen LogP contribution < -0.4 is 5.32 Å². The molecule has 0 saturated carbocycles. The van der Waals surface area contributed by atoms with Crippen molar-refractivity contribution in [2.24, 2.45) is 0 Å². The Balaban J connectivity index is 1.78. The molecule has 2 rings (SSSR count). The van der Waals surface area contributed by atoms with Crippen molar-refractivity contribution in [3.8, 4) is 0 Å². The van der Waals surface area contributed by atoms with Crippen LogP contribution in [0, 0.1) is 0 Å². The van der Waals surface area contributed by atoms with Crippen molar-refractivity contribution in [2.75, 3.05) is 12.3 Å². The Morgan fingerprint density at radius 3 is 2.88 bits per heavy atom. The summed E-state index contributed by atoms with van der Waals surface area (Å²) in [5, 5.41) is 4.37. The lowest BCUT2D eigenvalue weighted by molar-refractivity contribution is 0.646. The highest BCUT2D eigenvalue weighted by Crippen LogP contribution is 2.26. The first-order valence-corrected chi connectivity index (χ1v) is 8.15. The minimum atomic E-state index is 0.832. The summed E-state index contributed by atoms with van der Waals surface area (Å²) in [4.78, 5) is 0. The SMILES string of the molecule is Brc1ccc(CNCC2CCCS2)cc1Br. The molecule has 0 amide bonds. The number of thioether (sulfide) groups is 1. The summed E-state index contributed by atoms with van der Waals surface area (Å²) >= 11 is 9.11. The number of halogens is 2. The highest BCUT2D eigenvalue weighted by molar-refractivity contribution is 9.13. The Hall–Kier alpha value is 0.490. The predicted molar refractivity (Wildman–Crippen MR) is 79.0 cm³/mol. The lowest BCUT2D eigenvalue weighted by atomic mass is 10.2. The van der Waals surface area contributed by atoms with E-state index in [1.165, 1.54) is 24.2 Å². The first-order chi connectivity index (χ1) is 7.75. The summed E-state index contributed by atoms with van der Waals surface area (Å²) in [6.07, 6.45) is 2.77. The molecule has 1 nitrogen and oxygen atoms in total. The maximum absolute atomic E-state index is 3.53. The third-order valence-corrected chi connectivity index (χ3v) is 5.99. The number of hydrogen-bond acceptors (Lipinski definition) is 2. The number of hydrogen-bond donors (Lipinski definition) is 1. The molecule has 0 bridgehead atoms. The van der Waals surface area contributed by atoms with Crippen LogP contribution in [-0.2, 0) is 6.54 Å². The summed E-state index contributed by atoms with van der Waals surface area (Å²) < 4.78 is 2.24. The molecule has 0 aromatic heterocycles. The zero-order valence-corrected chi connectivity index (χ0v) is 13.0. The minimum absolute atomic E-state index is 0.832. The van der Waals surface area contributed by atoms with E-state index in [2.05, 4.69) is 67.1 Å². The van der Waals surface area contributed by atoms with Crippen LogP contribution in [0.5, 0.6) is 0 Å². The van der Waals surface area contributed by atoms with Crippen molar-refractivity contribution in [1.82, 2.24) is 5.32 Å². The molecule has 1 aromatic rings. The minimum Gasteiger partial charge on any atom is -0.312 e. The standard InChI is InChI=1S/C12H15Br2NS/c13-11-4-3-9(6-12(11)14)7-15-8-10-2-1-5-16-10/h3-4,6,10,15H,1-2,5,7-8H2. The maximum Gasteiger partial charge on any atom is 0.0320 e. The number of rotatable bonds is 4. The van der Waals surface area contributed by atoms with E-state index < -0.39 is 0 Å². The summed E-state index contributed by atoms with van der Waals surface area (Å²) in [5.74, 6) is 1.34. The van der Waals surface area contributed by atoms with Crippen molar-refractivity contribution in [1.29, 1.82) is 0 Å². The van der Waals surface area contributed by atoms with Gasteiger partial charge in [0, 0.05) is 27.3 Å². The van der Waals surface area contributed by atoms with Crippen LogP contribution in [0.25, 0.3) is 0 Å². The molecular weight excluding hydrogens is 350 g/mol. The molecule has 1 fully saturated rings. The summed E-state index contributed by atoms with van der Waals surface area (Å²) in [7, 11) is 0. The van der Waals surface area contributed by atoms with Gasteiger partial charge in [0.25, 0.3) is 0 Å². The summed E-state index contributed by atoms with van der Waals surface area (Å²) in [6.45, 7) is 2.10. The molecule has 0 spiro atoms. The Bertz CT molecular complexity index is 351. The average molecular weight is 365 g/mol. The molecule has 4 heteroatoms. The topological polar surface area (TPSA) is 12.0 Å². The zero-order chi connectivity index (χ0) is 11.4.